The lowest BCUT2D eigenvalue weighted by atomic mass is 9.88. The highest BCUT2D eigenvalue weighted by Crippen LogP contribution is 2.38. The second-order valence-electron chi connectivity index (χ2n) is 11.9. The molecule has 13 heteroatoms. The Hall–Kier alpha value is -3.35. The second kappa shape index (κ2) is 11.1. The van der Waals surface area contributed by atoms with Gasteiger partial charge < -0.3 is 30.9 Å². The van der Waals surface area contributed by atoms with Crippen molar-refractivity contribution in [2.24, 2.45) is 5.92 Å². The SMILES string of the molecule is CC(=O)N1CC=C(c2cc(N3CCC[C@@H](NC(=O)c4sc(Cl)cc4OC4CC5CNC(C5)C4)C3)c3c(N)ncnn23)C1. The van der Waals surface area contributed by atoms with Crippen molar-refractivity contribution in [2.45, 2.75) is 57.2 Å². The first-order valence-electron chi connectivity index (χ1n) is 14.6. The van der Waals surface area contributed by atoms with E-state index in [0.29, 0.717) is 52.4 Å². The summed E-state index contributed by atoms with van der Waals surface area (Å²) in [6, 6.07) is 4.28. The van der Waals surface area contributed by atoms with Crippen molar-refractivity contribution >= 4 is 57.3 Å². The standard InChI is InChI=1S/C29H35ClN8O3S/c1-16(39)36-6-4-18(13-36)22-10-23(26-28(31)33-15-34-38(22)26)37-5-2-3-19(14-37)35-29(40)27-24(11-25(30)42-27)41-21-8-17-7-20(9-21)32-12-17/h4,10-11,15,17,19-21,32H,2-3,5-9,12-14H2,1H3,(H,35,40)(H2,31,33,34)/t17?,19-,20?,21?/m1/s1. The highest BCUT2D eigenvalue weighted by Gasteiger charge is 2.36. The van der Waals surface area contributed by atoms with E-state index in [1.54, 1.807) is 17.9 Å². The fourth-order valence-corrected chi connectivity index (χ4v) is 8.03. The van der Waals surface area contributed by atoms with Crippen LogP contribution in [0.4, 0.5) is 11.5 Å². The average Bonchev–Trinajstić information content (AvgIpc) is 3.74. The number of piperidine rings is 1. The fraction of sp³-hybridized carbons (Fsp3) is 0.517. The normalized spacial score (nSPS) is 25.6. The first-order valence-corrected chi connectivity index (χ1v) is 15.8. The highest BCUT2D eigenvalue weighted by molar-refractivity contribution is 7.18. The number of carbonyl (C=O) groups excluding carboxylic acids is 2. The number of hydrogen-bond donors (Lipinski definition) is 3. The molecule has 2 amide bonds. The van der Waals surface area contributed by atoms with Gasteiger partial charge in [0.15, 0.2) is 5.82 Å². The van der Waals surface area contributed by atoms with Crippen LogP contribution in [0.15, 0.2) is 24.5 Å². The Labute approximate surface area is 253 Å². The number of thiophene rings is 1. The van der Waals surface area contributed by atoms with Crippen LogP contribution in [-0.4, -0.2) is 82.2 Å². The number of nitrogens with two attached hydrogens (primary N) is 1. The van der Waals surface area contributed by atoms with E-state index in [1.165, 1.54) is 24.1 Å². The molecule has 4 N–H and O–H groups in total. The molecule has 4 atom stereocenters. The minimum absolute atomic E-state index is 0.0366. The largest absolute Gasteiger partial charge is 0.489 e. The molecule has 11 nitrogen and oxygen atoms in total. The molecule has 3 aromatic heterocycles. The summed E-state index contributed by atoms with van der Waals surface area (Å²) in [6.07, 6.45) is 8.52. The lowest BCUT2D eigenvalue weighted by molar-refractivity contribution is -0.127. The summed E-state index contributed by atoms with van der Waals surface area (Å²) >= 11 is 7.65. The van der Waals surface area contributed by atoms with E-state index in [-0.39, 0.29) is 24.0 Å². The van der Waals surface area contributed by atoms with Crippen molar-refractivity contribution in [3.05, 3.63) is 39.4 Å². The van der Waals surface area contributed by atoms with Crippen LogP contribution in [0.3, 0.4) is 0 Å². The zero-order chi connectivity index (χ0) is 29.0. The molecule has 222 valence electrons. The number of halogens is 1. The van der Waals surface area contributed by atoms with E-state index >= 15 is 0 Å². The van der Waals surface area contributed by atoms with Gasteiger partial charge in [-0.2, -0.15) is 5.10 Å². The number of nitrogens with zero attached hydrogens (tertiary/aromatic N) is 5. The lowest BCUT2D eigenvalue weighted by Crippen LogP contribution is -2.47. The van der Waals surface area contributed by atoms with Crippen molar-refractivity contribution in [3.63, 3.8) is 0 Å². The van der Waals surface area contributed by atoms with Crippen LogP contribution >= 0.6 is 22.9 Å². The van der Waals surface area contributed by atoms with Gasteiger partial charge in [0.2, 0.25) is 5.91 Å². The van der Waals surface area contributed by atoms with E-state index in [9.17, 15) is 9.59 Å². The number of rotatable bonds is 6. The molecule has 4 aliphatic rings. The number of nitrogen functional groups attached to an aromatic ring is 1. The molecule has 2 bridgehead atoms. The fourth-order valence-electron chi connectivity index (χ4n) is 6.98. The Morgan fingerprint density at radius 1 is 1.26 bits per heavy atom. The van der Waals surface area contributed by atoms with Crippen LogP contribution < -0.4 is 26.0 Å². The van der Waals surface area contributed by atoms with Gasteiger partial charge in [-0.1, -0.05) is 17.7 Å². The van der Waals surface area contributed by atoms with Crippen molar-refractivity contribution in [1.82, 2.24) is 30.1 Å². The number of anilines is 2. The molecule has 0 spiro atoms. The minimum atomic E-state index is -0.156. The van der Waals surface area contributed by atoms with Gasteiger partial charge in [-0.25, -0.2) is 9.50 Å². The molecule has 7 rings (SSSR count). The molecule has 2 saturated heterocycles. The predicted molar refractivity (Wildman–Crippen MR) is 163 cm³/mol. The Kier molecular flexibility index (Phi) is 7.23. The first-order chi connectivity index (χ1) is 20.3. The van der Waals surface area contributed by atoms with Crippen molar-refractivity contribution in [1.29, 1.82) is 0 Å². The molecular weight excluding hydrogens is 576 g/mol. The molecule has 1 saturated carbocycles. The van der Waals surface area contributed by atoms with E-state index in [1.807, 2.05) is 4.52 Å². The second-order valence-corrected chi connectivity index (χ2v) is 13.6. The Bertz CT molecular complexity index is 1560. The lowest BCUT2D eigenvalue weighted by Gasteiger charge is -2.34. The van der Waals surface area contributed by atoms with Gasteiger partial charge >= 0.3 is 0 Å². The Balaban J connectivity index is 1.08. The van der Waals surface area contributed by atoms with E-state index in [0.717, 1.165) is 61.2 Å². The number of aromatic nitrogens is 3. The van der Waals surface area contributed by atoms with Crippen LogP contribution in [0.1, 0.15) is 54.4 Å². The summed E-state index contributed by atoms with van der Waals surface area (Å²) in [5, 5.41) is 11.3. The van der Waals surface area contributed by atoms with Gasteiger partial charge in [-0.15, -0.1) is 11.3 Å². The molecule has 3 aliphatic heterocycles. The van der Waals surface area contributed by atoms with E-state index in [4.69, 9.17) is 22.1 Å². The van der Waals surface area contributed by atoms with Crippen LogP contribution in [0.25, 0.3) is 11.1 Å². The highest BCUT2D eigenvalue weighted by atomic mass is 35.5. The molecule has 3 fully saturated rings. The van der Waals surface area contributed by atoms with Crippen LogP contribution in [0, 0.1) is 5.92 Å². The molecule has 0 radical (unpaired) electrons. The maximum absolute atomic E-state index is 13.5. The summed E-state index contributed by atoms with van der Waals surface area (Å²) in [5.74, 6) is 1.49. The molecule has 1 aliphatic carbocycles. The number of ether oxygens (including phenoxy) is 1. The zero-order valence-corrected chi connectivity index (χ0v) is 25.1. The number of nitrogens with one attached hydrogen (secondary N) is 2. The van der Waals surface area contributed by atoms with Crippen LogP contribution in [0.5, 0.6) is 5.75 Å². The molecule has 3 aromatic rings. The van der Waals surface area contributed by atoms with Gasteiger partial charge in [0.25, 0.3) is 5.91 Å². The third-order valence-electron chi connectivity index (χ3n) is 8.98. The smallest absolute Gasteiger partial charge is 0.265 e. The van der Waals surface area contributed by atoms with Crippen molar-refractivity contribution in [2.75, 3.05) is 43.4 Å². The Morgan fingerprint density at radius 3 is 2.95 bits per heavy atom. The third-order valence-corrected chi connectivity index (χ3v) is 10.2. The van der Waals surface area contributed by atoms with E-state index in [2.05, 4.69) is 37.8 Å². The average molecular weight is 611 g/mol. The summed E-state index contributed by atoms with van der Waals surface area (Å²) in [7, 11) is 0. The van der Waals surface area contributed by atoms with Crippen LogP contribution in [-0.2, 0) is 4.79 Å². The minimum Gasteiger partial charge on any atom is -0.489 e. The van der Waals surface area contributed by atoms with Gasteiger partial charge in [-0.3, -0.25) is 9.59 Å². The topological polar surface area (TPSA) is 130 Å². The molecule has 42 heavy (non-hydrogen) atoms. The van der Waals surface area contributed by atoms with Crippen molar-refractivity contribution in [3.8, 4) is 5.75 Å². The first kappa shape index (κ1) is 27.5. The summed E-state index contributed by atoms with van der Waals surface area (Å²) in [4.78, 5) is 34.3. The maximum atomic E-state index is 13.5. The van der Waals surface area contributed by atoms with Crippen LogP contribution in [0.2, 0.25) is 4.34 Å². The molecule has 0 aromatic carbocycles. The van der Waals surface area contributed by atoms with Gasteiger partial charge in [0, 0.05) is 51.3 Å². The zero-order valence-electron chi connectivity index (χ0n) is 23.5. The van der Waals surface area contributed by atoms with Gasteiger partial charge in [0.1, 0.15) is 28.6 Å². The summed E-state index contributed by atoms with van der Waals surface area (Å²) < 4.78 is 8.74. The quantitative estimate of drug-likeness (QED) is 0.388. The summed E-state index contributed by atoms with van der Waals surface area (Å²) in [5.41, 5.74) is 9.95. The Morgan fingerprint density at radius 2 is 2.14 bits per heavy atom. The predicted octanol–water partition coefficient (Wildman–Crippen LogP) is 3.19. The monoisotopic (exact) mass is 610 g/mol. The molecule has 3 unspecified atom stereocenters. The molecule has 6 heterocycles. The maximum Gasteiger partial charge on any atom is 0.265 e. The van der Waals surface area contributed by atoms with E-state index < -0.39 is 0 Å². The third kappa shape index (κ3) is 5.20. The number of amides is 2. The molecular formula is C29H35ClN8O3S. The van der Waals surface area contributed by atoms with Gasteiger partial charge in [0.05, 0.1) is 15.7 Å². The number of fused-ring (bicyclic) bond motifs is 3. The summed E-state index contributed by atoms with van der Waals surface area (Å²) in [6.45, 7) is 5.15. The van der Waals surface area contributed by atoms with Gasteiger partial charge in [-0.05, 0) is 56.2 Å². The number of hydrogen-bond acceptors (Lipinski definition) is 9. The van der Waals surface area contributed by atoms with Crippen molar-refractivity contribution < 1.29 is 14.3 Å². The number of carbonyl (C=O) groups is 2.